The van der Waals surface area contributed by atoms with Gasteiger partial charge < -0.3 is 19.5 Å². The summed E-state index contributed by atoms with van der Waals surface area (Å²) in [7, 11) is 0. The van der Waals surface area contributed by atoms with Gasteiger partial charge in [-0.3, -0.25) is 4.79 Å². The van der Waals surface area contributed by atoms with Crippen LogP contribution in [0.25, 0.3) is 10.9 Å². The first-order valence-electron chi connectivity index (χ1n) is 10.2. The summed E-state index contributed by atoms with van der Waals surface area (Å²) in [6, 6.07) is 13.0. The largest absolute Gasteiger partial charge is 0.459 e. The lowest BCUT2D eigenvalue weighted by Crippen LogP contribution is -2.47. The number of furan rings is 1. The third-order valence-electron chi connectivity index (χ3n) is 5.44. The summed E-state index contributed by atoms with van der Waals surface area (Å²) in [5, 5.41) is 3.89. The molecular weight excluding hydrogens is 392 g/mol. The van der Waals surface area contributed by atoms with Crippen molar-refractivity contribution in [3.05, 3.63) is 72.4 Å². The van der Waals surface area contributed by atoms with Crippen LogP contribution in [-0.2, 0) is 0 Å². The van der Waals surface area contributed by atoms with Crippen LogP contribution < -0.4 is 15.1 Å². The molecule has 0 aliphatic carbocycles. The molecule has 1 aromatic carbocycles. The first-order valence-corrected chi connectivity index (χ1v) is 10.2. The number of fused-ring (bicyclic) bond motifs is 1. The number of aryl methyl sites for hydroxylation is 1. The van der Waals surface area contributed by atoms with E-state index in [9.17, 15) is 4.79 Å². The van der Waals surface area contributed by atoms with Crippen molar-refractivity contribution in [1.82, 2.24) is 15.0 Å². The predicted octanol–water partition coefficient (Wildman–Crippen LogP) is 3.51. The molecule has 3 aromatic heterocycles. The predicted molar refractivity (Wildman–Crippen MR) is 120 cm³/mol. The van der Waals surface area contributed by atoms with Gasteiger partial charge in [0.1, 0.15) is 5.82 Å². The van der Waals surface area contributed by atoms with Crippen molar-refractivity contribution in [2.45, 2.75) is 6.92 Å². The molecule has 8 heteroatoms. The zero-order valence-corrected chi connectivity index (χ0v) is 17.2. The van der Waals surface area contributed by atoms with Crippen molar-refractivity contribution < 1.29 is 9.21 Å². The van der Waals surface area contributed by atoms with Crippen LogP contribution in [-0.4, -0.2) is 47.0 Å². The molecule has 0 atom stereocenters. The lowest BCUT2D eigenvalue weighted by molar-refractivity contribution is 0.0996. The molecule has 1 fully saturated rings. The molecule has 0 unspecified atom stereocenters. The zero-order valence-electron chi connectivity index (χ0n) is 17.2. The summed E-state index contributed by atoms with van der Waals surface area (Å²) in [5.74, 6) is 1.75. The minimum absolute atomic E-state index is 0.271. The fourth-order valence-corrected chi connectivity index (χ4v) is 3.81. The molecular formula is C23H22N6O2. The van der Waals surface area contributed by atoms with Gasteiger partial charge in [0.05, 0.1) is 11.8 Å². The Bertz CT molecular complexity index is 1200. The molecule has 31 heavy (non-hydrogen) atoms. The Labute approximate surface area is 179 Å². The van der Waals surface area contributed by atoms with E-state index in [1.54, 1.807) is 24.5 Å². The van der Waals surface area contributed by atoms with Gasteiger partial charge in [0.2, 0.25) is 5.95 Å². The van der Waals surface area contributed by atoms with Crippen LogP contribution in [0, 0.1) is 6.92 Å². The van der Waals surface area contributed by atoms with Gasteiger partial charge in [-0.1, -0.05) is 0 Å². The molecule has 0 bridgehead atoms. The molecule has 8 nitrogen and oxygen atoms in total. The Morgan fingerprint density at radius 3 is 2.52 bits per heavy atom. The van der Waals surface area contributed by atoms with Crippen molar-refractivity contribution in [3.63, 3.8) is 0 Å². The standard InChI is InChI=1S/C23H22N6O2/c1-16-14-21(28-9-11-29(12-10-28)23-24-7-3-8-25-23)27-19-6-5-17(15-18(16)19)26-22(30)20-4-2-13-31-20/h2-8,13-15H,9-12H2,1H3,(H,26,30). The molecule has 1 saturated heterocycles. The Morgan fingerprint density at radius 2 is 1.77 bits per heavy atom. The van der Waals surface area contributed by atoms with Gasteiger partial charge in [-0.05, 0) is 55.0 Å². The van der Waals surface area contributed by atoms with E-state index in [0.29, 0.717) is 5.69 Å². The first kappa shape index (κ1) is 19.0. The second-order valence-corrected chi connectivity index (χ2v) is 7.48. The lowest BCUT2D eigenvalue weighted by atomic mass is 10.1. The summed E-state index contributed by atoms with van der Waals surface area (Å²) in [6.45, 7) is 5.47. The number of hydrogen-bond donors (Lipinski definition) is 1. The fourth-order valence-electron chi connectivity index (χ4n) is 3.81. The van der Waals surface area contributed by atoms with Crippen LogP contribution in [0.4, 0.5) is 17.5 Å². The van der Waals surface area contributed by atoms with Crippen LogP contribution in [0.1, 0.15) is 16.1 Å². The molecule has 1 aliphatic heterocycles. The van der Waals surface area contributed by atoms with E-state index < -0.39 is 0 Å². The fraction of sp³-hybridized carbons (Fsp3) is 0.217. The number of rotatable bonds is 4. The average Bonchev–Trinajstić information content (AvgIpc) is 3.35. The highest BCUT2D eigenvalue weighted by Crippen LogP contribution is 2.26. The number of benzene rings is 1. The molecule has 5 rings (SSSR count). The van der Waals surface area contributed by atoms with Crippen molar-refractivity contribution in [1.29, 1.82) is 0 Å². The molecule has 4 heterocycles. The Hall–Kier alpha value is -3.94. The average molecular weight is 414 g/mol. The second kappa shape index (κ2) is 8.06. The Balaban J connectivity index is 1.32. The van der Waals surface area contributed by atoms with Gasteiger partial charge in [0.25, 0.3) is 5.91 Å². The highest BCUT2D eigenvalue weighted by molar-refractivity contribution is 6.03. The number of aromatic nitrogens is 3. The second-order valence-electron chi connectivity index (χ2n) is 7.48. The smallest absolute Gasteiger partial charge is 0.291 e. The molecule has 0 spiro atoms. The minimum atomic E-state index is -0.271. The number of amides is 1. The van der Waals surface area contributed by atoms with Gasteiger partial charge in [0, 0.05) is 49.6 Å². The highest BCUT2D eigenvalue weighted by Gasteiger charge is 2.20. The number of nitrogens with zero attached hydrogens (tertiary/aromatic N) is 5. The van der Waals surface area contributed by atoms with Crippen molar-refractivity contribution in [2.24, 2.45) is 0 Å². The lowest BCUT2D eigenvalue weighted by Gasteiger charge is -2.35. The van der Waals surface area contributed by atoms with E-state index in [4.69, 9.17) is 9.40 Å². The van der Waals surface area contributed by atoms with E-state index in [0.717, 1.165) is 54.4 Å². The zero-order chi connectivity index (χ0) is 21.2. The summed E-state index contributed by atoms with van der Waals surface area (Å²) in [5.41, 5.74) is 2.73. The third kappa shape index (κ3) is 3.92. The number of piperazine rings is 1. The molecule has 4 aromatic rings. The van der Waals surface area contributed by atoms with Crippen LogP contribution in [0.5, 0.6) is 0 Å². The van der Waals surface area contributed by atoms with Crippen molar-refractivity contribution in [3.8, 4) is 0 Å². The number of anilines is 3. The SMILES string of the molecule is Cc1cc(N2CCN(c3ncccn3)CC2)nc2ccc(NC(=O)c3ccco3)cc12. The van der Waals surface area contributed by atoms with Crippen LogP contribution in [0.2, 0.25) is 0 Å². The number of carbonyl (C=O) groups excluding carboxylic acids is 1. The quantitative estimate of drug-likeness (QED) is 0.547. The van der Waals surface area contributed by atoms with Gasteiger partial charge in [0.15, 0.2) is 5.76 Å². The molecule has 1 aliphatic rings. The van der Waals surface area contributed by atoms with Crippen LogP contribution >= 0.6 is 0 Å². The molecule has 1 amide bonds. The maximum atomic E-state index is 12.2. The minimum Gasteiger partial charge on any atom is -0.459 e. The summed E-state index contributed by atoms with van der Waals surface area (Å²) in [4.78, 5) is 30.3. The summed E-state index contributed by atoms with van der Waals surface area (Å²) >= 11 is 0. The van der Waals surface area contributed by atoms with Crippen LogP contribution in [0.3, 0.4) is 0 Å². The van der Waals surface area contributed by atoms with E-state index in [-0.39, 0.29) is 11.7 Å². The number of pyridine rings is 1. The Kier molecular flexibility index (Phi) is 4.95. The first-order chi connectivity index (χ1) is 15.2. The molecule has 156 valence electrons. The molecule has 1 N–H and O–H groups in total. The van der Waals surface area contributed by atoms with Crippen molar-refractivity contribution >= 4 is 34.3 Å². The highest BCUT2D eigenvalue weighted by atomic mass is 16.3. The van der Waals surface area contributed by atoms with E-state index in [1.165, 1.54) is 6.26 Å². The topological polar surface area (TPSA) is 87.4 Å². The summed E-state index contributed by atoms with van der Waals surface area (Å²) in [6.07, 6.45) is 5.03. The summed E-state index contributed by atoms with van der Waals surface area (Å²) < 4.78 is 5.16. The maximum absolute atomic E-state index is 12.2. The van der Waals surface area contributed by atoms with Gasteiger partial charge in [-0.15, -0.1) is 0 Å². The van der Waals surface area contributed by atoms with E-state index >= 15 is 0 Å². The third-order valence-corrected chi connectivity index (χ3v) is 5.44. The van der Waals surface area contributed by atoms with E-state index in [2.05, 4.69) is 38.1 Å². The van der Waals surface area contributed by atoms with Crippen molar-refractivity contribution in [2.75, 3.05) is 41.3 Å². The number of carbonyl (C=O) groups is 1. The van der Waals surface area contributed by atoms with E-state index in [1.807, 2.05) is 24.3 Å². The monoisotopic (exact) mass is 414 g/mol. The maximum Gasteiger partial charge on any atom is 0.291 e. The molecule has 0 radical (unpaired) electrons. The number of hydrogen-bond acceptors (Lipinski definition) is 7. The Morgan fingerprint density at radius 1 is 1.00 bits per heavy atom. The van der Waals surface area contributed by atoms with Crippen LogP contribution in [0.15, 0.2) is 65.5 Å². The normalized spacial score (nSPS) is 14.1. The molecule has 0 saturated carbocycles. The van der Waals surface area contributed by atoms with Gasteiger partial charge in [-0.25, -0.2) is 15.0 Å². The number of nitrogens with one attached hydrogen (secondary N) is 1. The van der Waals surface area contributed by atoms with Gasteiger partial charge in [-0.2, -0.15) is 0 Å². The van der Waals surface area contributed by atoms with Gasteiger partial charge >= 0.3 is 0 Å².